The van der Waals surface area contributed by atoms with Crippen molar-refractivity contribution in [1.82, 2.24) is 0 Å². The molecule has 5 nitrogen and oxygen atoms in total. The first-order valence-corrected chi connectivity index (χ1v) is 5.50. The van der Waals surface area contributed by atoms with Gasteiger partial charge in [-0.15, -0.1) is 0 Å². The van der Waals surface area contributed by atoms with Gasteiger partial charge in [0.05, 0.1) is 6.07 Å². The highest BCUT2D eigenvalue weighted by Gasteiger charge is 2.14. The Labute approximate surface area is 96.3 Å². The van der Waals surface area contributed by atoms with E-state index in [0.29, 0.717) is 13.2 Å². The predicted octanol–water partition coefficient (Wildman–Crippen LogP) is 1.62. The summed E-state index contributed by atoms with van der Waals surface area (Å²) in [5, 5.41) is 8.30. The zero-order valence-corrected chi connectivity index (χ0v) is 9.90. The quantitative estimate of drug-likeness (QED) is 0.341. The third-order valence-corrected chi connectivity index (χ3v) is 1.74. The van der Waals surface area contributed by atoms with Crippen LogP contribution in [0.2, 0.25) is 0 Å². The third-order valence-electron chi connectivity index (χ3n) is 1.74. The molecule has 0 aliphatic carbocycles. The maximum Gasteiger partial charge on any atom is 0.322 e. The van der Waals surface area contributed by atoms with Crippen LogP contribution in [0, 0.1) is 11.3 Å². The van der Waals surface area contributed by atoms with Crippen molar-refractivity contribution in [2.24, 2.45) is 0 Å². The Morgan fingerprint density at radius 2 is 2.19 bits per heavy atom. The molecule has 0 aromatic carbocycles. The van der Waals surface area contributed by atoms with Gasteiger partial charge in [-0.2, -0.15) is 5.26 Å². The number of nitrogens with zero attached hydrogens (tertiary/aromatic N) is 1. The SMILES string of the molecule is CCCCOCC(OCC)OC(=O)CC#N. The van der Waals surface area contributed by atoms with Crippen molar-refractivity contribution < 1.29 is 19.0 Å². The number of carbonyl (C=O) groups excluding carboxylic acids is 1. The number of nitriles is 1. The van der Waals surface area contributed by atoms with Gasteiger partial charge in [0.1, 0.15) is 13.0 Å². The van der Waals surface area contributed by atoms with Gasteiger partial charge in [0.2, 0.25) is 6.29 Å². The average molecular weight is 229 g/mol. The largest absolute Gasteiger partial charge is 0.432 e. The van der Waals surface area contributed by atoms with Gasteiger partial charge < -0.3 is 14.2 Å². The second-order valence-electron chi connectivity index (χ2n) is 3.14. The van der Waals surface area contributed by atoms with Crippen LogP contribution >= 0.6 is 0 Å². The fourth-order valence-corrected chi connectivity index (χ4v) is 0.981. The van der Waals surface area contributed by atoms with Gasteiger partial charge in [-0.1, -0.05) is 13.3 Å². The average Bonchev–Trinajstić information content (AvgIpc) is 2.25. The molecule has 0 bridgehead atoms. The lowest BCUT2D eigenvalue weighted by atomic mass is 10.4. The van der Waals surface area contributed by atoms with Crippen molar-refractivity contribution in [2.75, 3.05) is 19.8 Å². The zero-order chi connectivity index (χ0) is 12.2. The van der Waals surface area contributed by atoms with Crippen molar-refractivity contribution in [3.05, 3.63) is 0 Å². The Hall–Kier alpha value is -1.12. The lowest BCUT2D eigenvalue weighted by Crippen LogP contribution is -2.26. The molecule has 0 spiro atoms. The smallest absolute Gasteiger partial charge is 0.322 e. The molecule has 92 valence electrons. The van der Waals surface area contributed by atoms with E-state index in [-0.39, 0.29) is 13.0 Å². The summed E-state index contributed by atoms with van der Waals surface area (Å²) in [6, 6.07) is 1.72. The molecule has 0 aliphatic heterocycles. The highest BCUT2D eigenvalue weighted by atomic mass is 16.7. The van der Waals surface area contributed by atoms with Crippen LogP contribution in [-0.4, -0.2) is 32.1 Å². The monoisotopic (exact) mass is 229 g/mol. The van der Waals surface area contributed by atoms with E-state index in [2.05, 4.69) is 6.92 Å². The molecule has 0 heterocycles. The first kappa shape index (κ1) is 14.9. The summed E-state index contributed by atoms with van der Waals surface area (Å²) in [6.45, 7) is 5.13. The van der Waals surface area contributed by atoms with Crippen LogP contribution in [0.25, 0.3) is 0 Å². The Morgan fingerprint density at radius 1 is 1.44 bits per heavy atom. The topological polar surface area (TPSA) is 68.6 Å². The fraction of sp³-hybridized carbons (Fsp3) is 0.818. The second kappa shape index (κ2) is 10.4. The summed E-state index contributed by atoms with van der Waals surface area (Å²) in [4.78, 5) is 11.0. The first-order chi connectivity index (χ1) is 7.74. The van der Waals surface area contributed by atoms with E-state index in [0.717, 1.165) is 12.8 Å². The van der Waals surface area contributed by atoms with Gasteiger partial charge in [0.15, 0.2) is 0 Å². The van der Waals surface area contributed by atoms with E-state index in [1.807, 2.05) is 0 Å². The summed E-state index contributed by atoms with van der Waals surface area (Å²) in [5.74, 6) is -0.583. The van der Waals surface area contributed by atoms with Gasteiger partial charge in [0.25, 0.3) is 0 Å². The maximum atomic E-state index is 11.0. The Bertz CT molecular complexity index is 225. The van der Waals surface area contributed by atoms with Crippen molar-refractivity contribution >= 4 is 5.97 Å². The molecular formula is C11H19NO4. The van der Waals surface area contributed by atoms with Gasteiger partial charge in [0, 0.05) is 13.2 Å². The van der Waals surface area contributed by atoms with E-state index in [1.165, 1.54) is 0 Å². The molecule has 16 heavy (non-hydrogen) atoms. The minimum absolute atomic E-state index is 0.213. The van der Waals surface area contributed by atoms with E-state index in [9.17, 15) is 4.79 Å². The number of hydrogen-bond donors (Lipinski definition) is 0. The van der Waals surface area contributed by atoms with E-state index < -0.39 is 12.3 Å². The lowest BCUT2D eigenvalue weighted by Gasteiger charge is -2.16. The van der Waals surface area contributed by atoms with Gasteiger partial charge in [-0.3, -0.25) is 4.79 Å². The molecule has 0 saturated heterocycles. The van der Waals surface area contributed by atoms with E-state index in [4.69, 9.17) is 19.5 Å². The van der Waals surface area contributed by atoms with Crippen molar-refractivity contribution in [2.45, 2.75) is 39.4 Å². The van der Waals surface area contributed by atoms with Crippen molar-refractivity contribution in [3.8, 4) is 6.07 Å². The molecular weight excluding hydrogens is 210 g/mol. The first-order valence-electron chi connectivity index (χ1n) is 5.50. The fourth-order valence-electron chi connectivity index (χ4n) is 0.981. The van der Waals surface area contributed by atoms with Gasteiger partial charge >= 0.3 is 5.97 Å². The summed E-state index contributed by atoms with van der Waals surface area (Å²) >= 11 is 0. The number of hydrogen-bond acceptors (Lipinski definition) is 5. The zero-order valence-electron chi connectivity index (χ0n) is 9.90. The van der Waals surface area contributed by atoms with Gasteiger partial charge in [-0.05, 0) is 13.3 Å². The third kappa shape index (κ3) is 8.21. The summed E-state index contributed by atoms with van der Waals surface area (Å²) in [5.41, 5.74) is 0. The van der Waals surface area contributed by atoms with E-state index in [1.54, 1.807) is 13.0 Å². The predicted molar refractivity (Wildman–Crippen MR) is 57.5 cm³/mol. The summed E-state index contributed by atoms with van der Waals surface area (Å²) in [6.07, 6.45) is 1.04. The van der Waals surface area contributed by atoms with Crippen molar-refractivity contribution in [3.63, 3.8) is 0 Å². The van der Waals surface area contributed by atoms with Crippen LogP contribution in [0.5, 0.6) is 0 Å². The Kier molecular flexibility index (Phi) is 9.67. The Balaban J connectivity index is 3.78. The molecule has 0 amide bonds. The molecule has 0 fully saturated rings. The van der Waals surface area contributed by atoms with Crippen LogP contribution in [0.3, 0.4) is 0 Å². The normalized spacial score (nSPS) is 11.8. The maximum absolute atomic E-state index is 11.0. The van der Waals surface area contributed by atoms with Crippen LogP contribution in [0.4, 0.5) is 0 Å². The lowest BCUT2D eigenvalue weighted by molar-refractivity contribution is -0.188. The highest BCUT2D eigenvalue weighted by molar-refractivity contribution is 5.71. The molecule has 0 aromatic heterocycles. The molecule has 0 aliphatic rings. The number of esters is 1. The van der Waals surface area contributed by atoms with Crippen LogP contribution in [0.1, 0.15) is 33.1 Å². The van der Waals surface area contributed by atoms with Gasteiger partial charge in [-0.25, -0.2) is 0 Å². The van der Waals surface area contributed by atoms with E-state index >= 15 is 0 Å². The van der Waals surface area contributed by atoms with Crippen LogP contribution < -0.4 is 0 Å². The number of unbranched alkanes of at least 4 members (excludes halogenated alkanes) is 1. The second-order valence-corrected chi connectivity index (χ2v) is 3.14. The standard InChI is InChI=1S/C11H19NO4/c1-3-5-8-14-9-11(15-4-2)16-10(13)6-7-12/h11H,3-6,8-9H2,1-2H3. The molecule has 1 atom stereocenters. The minimum Gasteiger partial charge on any atom is -0.432 e. The molecule has 1 unspecified atom stereocenters. The van der Waals surface area contributed by atoms with Crippen molar-refractivity contribution in [1.29, 1.82) is 5.26 Å². The minimum atomic E-state index is -0.706. The number of rotatable bonds is 9. The summed E-state index contributed by atoms with van der Waals surface area (Å²) < 4.78 is 15.3. The number of carbonyl (C=O) groups is 1. The molecule has 0 N–H and O–H groups in total. The highest BCUT2D eigenvalue weighted by Crippen LogP contribution is 2.00. The number of ether oxygens (including phenoxy) is 3. The molecule has 0 rings (SSSR count). The van der Waals surface area contributed by atoms with Crippen LogP contribution in [-0.2, 0) is 19.0 Å². The molecule has 5 heteroatoms. The Morgan fingerprint density at radius 3 is 2.75 bits per heavy atom. The summed E-state index contributed by atoms with van der Waals surface area (Å²) in [7, 11) is 0. The molecule has 0 saturated carbocycles. The molecule has 0 radical (unpaired) electrons. The van der Waals surface area contributed by atoms with Crippen LogP contribution in [0.15, 0.2) is 0 Å². The molecule has 0 aromatic rings.